The number of nitrogen functional groups attached to an aromatic ring is 2. The van der Waals surface area contributed by atoms with E-state index in [0.717, 1.165) is 37.1 Å². The van der Waals surface area contributed by atoms with Crippen LogP contribution in [0.25, 0.3) is 11.1 Å². The standard InChI is InChI=1S/C19H26N4/c20-9-1-7-19(8-2-10-21)17-11-13(22)3-5-15(17)16-6-4-14(23)12-18(16)19/h3-6,11-12H,1-2,7-10,20-23H2. The SMILES string of the molecule is NCCCC1(CCCN)c2cc(N)ccc2-c2ccc(N)cc21. The van der Waals surface area contributed by atoms with E-state index in [9.17, 15) is 0 Å². The lowest BCUT2D eigenvalue weighted by Crippen LogP contribution is -2.27. The van der Waals surface area contributed by atoms with Gasteiger partial charge in [-0.2, -0.15) is 0 Å². The van der Waals surface area contributed by atoms with Crippen LogP contribution in [-0.4, -0.2) is 13.1 Å². The van der Waals surface area contributed by atoms with Crippen molar-refractivity contribution in [2.45, 2.75) is 31.1 Å². The van der Waals surface area contributed by atoms with Crippen molar-refractivity contribution in [2.24, 2.45) is 11.5 Å². The Morgan fingerprint density at radius 1 is 0.696 bits per heavy atom. The summed E-state index contributed by atoms with van der Waals surface area (Å²) in [6.07, 6.45) is 3.92. The third kappa shape index (κ3) is 2.58. The summed E-state index contributed by atoms with van der Waals surface area (Å²) in [7, 11) is 0. The molecule has 23 heavy (non-hydrogen) atoms. The summed E-state index contributed by atoms with van der Waals surface area (Å²) in [5.74, 6) is 0. The molecule has 0 fully saturated rings. The van der Waals surface area contributed by atoms with Gasteiger partial charge in [-0.15, -0.1) is 0 Å². The van der Waals surface area contributed by atoms with Crippen LogP contribution in [0.1, 0.15) is 36.8 Å². The van der Waals surface area contributed by atoms with E-state index in [-0.39, 0.29) is 5.41 Å². The Labute approximate surface area is 137 Å². The van der Waals surface area contributed by atoms with Gasteiger partial charge in [0.1, 0.15) is 0 Å². The van der Waals surface area contributed by atoms with E-state index in [0.29, 0.717) is 13.1 Å². The smallest absolute Gasteiger partial charge is 0.0317 e. The number of fused-ring (bicyclic) bond motifs is 3. The number of rotatable bonds is 6. The first-order valence-corrected chi connectivity index (χ1v) is 8.33. The molecule has 0 amide bonds. The van der Waals surface area contributed by atoms with Crippen LogP contribution in [0.4, 0.5) is 11.4 Å². The lowest BCUT2D eigenvalue weighted by molar-refractivity contribution is 0.424. The topological polar surface area (TPSA) is 104 Å². The van der Waals surface area contributed by atoms with Crippen LogP contribution in [-0.2, 0) is 5.41 Å². The Bertz CT molecular complexity index is 647. The summed E-state index contributed by atoms with van der Waals surface area (Å²) in [5, 5.41) is 0. The van der Waals surface area contributed by atoms with E-state index in [4.69, 9.17) is 22.9 Å². The first-order valence-electron chi connectivity index (χ1n) is 8.33. The highest BCUT2D eigenvalue weighted by Gasteiger charge is 2.42. The largest absolute Gasteiger partial charge is 0.399 e. The number of nitrogens with two attached hydrogens (primary N) is 4. The molecule has 4 heteroatoms. The Morgan fingerprint density at radius 2 is 1.13 bits per heavy atom. The predicted molar refractivity (Wildman–Crippen MR) is 98.1 cm³/mol. The highest BCUT2D eigenvalue weighted by molar-refractivity contribution is 5.83. The van der Waals surface area contributed by atoms with E-state index >= 15 is 0 Å². The molecule has 0 spiro atoms. The maximum Gasteiger partial charge on any atom is 0.0317 e. The van der Waals surface area contributed by atoms with Crippen molar-refractivity contribution in [3.05, 3.63) is 47.5 Å². The van der Waals surface area contributed by atoms with Crippen molar-refractivity contribution in [2.75, 3.05) is 24.6 Å². The summed E-state index contributed by atoms with van der Waals surface area (Å²) in [5.41, 5.74) is 30.5. The summed E-state index contributed by atoms with van der Waals surface area (Å²) >= 11 is 0. The molecule has 2 aromatic rings. The van der Waals surface area contributed by atoms with E-state index in [1.165, 1.54) is 22.3 Å². The molecule has 0 atom stereocenters. The highest BCUT2D eigenvalue weighted by atomic mass is 14.6. The van der Waals surface area contributed by atoms with Crippen LogP contribution >= 0.6 is 0 Å². The molecule has 2 aromatic carbocycles. The third-order valence-electron chi connectivity index (χ3n) is 5.02. The Hall–Kier alpha value is -2.04. The molecule has 0 unspecified atom stereocenters. The van der Waals surface area contributed by atoms with Gasteiger partial charge in [-0.05, 0) is 85.3 Å². The molecule has 0 heterocycles. The van der Waals surface area contributed by atoms with Gasteiger partial charge < -0.3 is 22.9 Å². The van der Waals surface area contributed by atoms with Crippen molar-refractivity contribution in [1.29, 1.82) is 0 Å². The predicted octanol–water partition coefficient (Wildman–Crippen LogP) is 2.60. The first-order chi connectivity index (χ1) is 11.1. The fourth-order valence-corrected chi connectivity index (χ4v) is 4.00. The molecule has 0 aromatic heterocycles. The number of anilines is 2. The van der Waals surface area contributed by atoms with Gasteiger partial charge in [0.15, 0.2) is 0 Å². The molecular weight excluding hydrogens is 284 g/mol. The van der Waals surface area contributed by atoms with Crippen molar-refractivity contribution < 1.29 is 0 Å². The molecule has 0 aliphatic heterocycles. The van der Waals surface area contributed by atoms with Crippen LogP contribution in [0.3, 0.4) is 0 Å². The summed E-state index contributed by atoms with van der Waals surface area (Å²) < 4.78 is 0. The van der Waals surface area contributed by atoms with Gasteiger partial charge in [-0.25, -0.2) is 0 Å². The molecule has 0 saturated carbocycles. The molecule has 8 N–H and O–H groups in total. The van der Waals surface area contributed by atoms with E-state index in [1.807, 2.05) is 12.1 Å². The fourth-order valence-electron chi connectivity index (χ4n) is 4.00. The van der Waals surface area contributed by atoms with Crippen molar-refractivity contribution >= 4 is 11.4 Å². The average molecular weight is 310 g/mol. The summed E-state index contributed by atoms with van der Waals surface area (Å²) in [4.78, 5) is 0. The number of benzene rings is 2. The highest BCUT2D eigenvalue weighted by Crippen LogP contribution is 2.54. The van der Waals surface area contributed by atoms with E-state index < -0.39 is 0 Å². The molecule has 3 rings (SSSR count). The van der Waals surface area contributed by atoms with Crippen molar-refractivity contribution in [3.8, 4) is 11.1 Å². The lowest BCUT2D eigenvalue weighted by atomic mass is 9.71. The van der Waals surface area contributed by atoms with Crippen molar-refractivity contribution in [3.63, 3.8) is 0 Å². The molecule has 122 valence electrons. The Morgan fingerprint density at radius 3 is 1.52 bits per heavy atom. The molecule has 1 aliphatic carbocycles. The van der Waals surface area contributed by atoms with Gasteiger partial charge in [-0.1, -0.05) is 12.1 Å². The Balaban J connectivity index is 2.23. The second-order valence-corrected chi connectivity index (χ2v) is 6.48. The average Bonchev–Trinajstić information content (AvgIpc) is 2.80. The normalized spacial score (nSPS) is 14.5. The van der Waals surface area contributed by atoms with Gasteiger partial charge in [-0.3, -0.25) is 0 Å². The van der Waals surface area contributed by atoms with E-state index in [2.05, 4.69) is 24.3 Å². The van der Waals surface area contributed by atoms with Crippen LogP contribution in [0.15, 0.2) is 36.4 Å². The quantitative estimate of drug-likeness (QED) is 0.615. The van der Waals surface area contributed by atoms with Gasteiger partial charge >= 0.3 is 0 Å². The maximum atomic E-state index is 6.10. The summed E-state index contributed by atoms with van der Waals surface area (Å²) in [6.45, 7) is 1.36. The molecule has 0 saturated heterocycles. The van der Waals surface area contributed by atoms with Crippen molar-refractivity contribution in [1.82, 2.24) is 0 Å². The minimum atomic E-state index is -0.0752. The molecule has 1 aliphatic rings. The minimum Gasteiger partial charge on any atom is -0.399 e. The molecular formula is C19H26N4. The fraction of sp³-hybridized carbons (Fsp3) is 0.368. The first kappa shape index (κ1) is 15.8. The maximum absolute atomic E-state index is 6.10. The monoisotopic (exact) mass is 310 g/mol. The minimum absolute atomic E-state index is 0.0752. The zero-order chi connectivity index (χ0) is 16.4. The van der Waals surface area contributed by atoms with Crippen LogP contribution in [0, 0.1) is 0 Å². The zero-order valence-corrected chi connectivity index (χ0v) is 13.5. The second kappa shape index (κ2) is 6.22. The van der Waals surface area contributed by atoms with Gasteiger partial charge in [0.25, 0.3) is 0 Å². The van der Waals surface area contributed by atoms with E-state index in [1.54, 1.807) is 0 Å². The number of hydrogen-bond acceptors (Lipinski definition) is 4. The summed E-state index contributed by atoms with van der Waals surface area (Å²) in [6, 6.07) is 12.5. The lowest BCUT2D eigenvalue weighted by Gasteiger charge is -2.32. The van der Waals surface area contributed by atoms with Gasteiger partial charge in [0.2, 0.25) is 0 Å². The molecule has 0 radical (unpaired) electrons. The Kier molecular flexibility index (Phi) is 4.28. The van der Waals surface area contributed by atoms with Gasteiger partial charge in [0.05, 0.1) is 0 Å². The second-order valence-electron chi connectivity index (χ2n) is 6.48. The van der Waals surface area contributed by atoms with Gasteiger partial charge in [0, 0.05) is 16.8 Å². The number of hydrogen-bond donors (Lipinski definition) is 4. The molecule has 4 nitrogen and oxygen atoms in total. The van der Waals surface area contributed by atoms with Crippen LogP contribution in [0.2, 0.25) is 0 Å². The van der Waals surface area contributed by atoms with Crippen LogP contribution < -0.4 is 22.9 Å². The molecule has 0 bridgehead atoms. The zero-order valence-electron chi connectivity index (χ0n) is 13.5. The van der Waals surface area contributed by atoms with Crippen LogP contribution in [0.5, 0.6) is 0 Å². The third-order valence-corrected chi connectivity index (χ3v) is 5.02.